The summed E-state index contributed by atoms with van der Waals surface area (Å²) in [6.07, 6.45) is 1.44. The van der Waals surface area contributed by atoms with Crippen molar-refractivity contribution in [2.45, 2.75) is 44.9 Å². The Hall–Kier alpha value is -4.23. The number of benzene rings is 3. The van der Waals surface area contributed by atoms with E-state index in [1.165, 1.54) is 0 Å². The van der Waals surface area contributed by atoms with Gasteiger partial charge in [-0.15, -0.1) is 0 Å². The molecule has 7 rings (SSSR count). The Morgan fingerprint density at radius 3 is 2.56 bits per heavy atom. The Morgan fingerprint density at radius 2 is 1.77 bits per heavy atom. The minimum absolute atomic E-state index is 0.0600. The number of amides is 2. The van der Waals surface area contributed by atoms with E-state index in [2.05, 4.69) is 0 Å². The number of nitrogens with zero attached hydrogens (tertiary/aromatic N) is 2. The Labute approximate surface area is 225 Å². The number of ether oxygens (including phenoxy) is 1. The molecule has 0 radical (unpaired) electrons. The summed E-state index contributed by atoms with van der Waals surface area (Å²) in [5.41, 5.74) is 2.72. The number of para-hydroxylation sites is 1. The van der Waals surface area contributed by atoms with E-state index < -0.39 is 11.4 Å². The van der Waals surface area contributed by atoms with Crippen molar-refractivity contribution in [3.63, 3.8) is 0 Å². The monoisotopic (exact) mass is 520 g/mol. The van der Waals surface area contributed by atoms with Crippen molar-refractivity contribution in [3.8, 4) is 0 Å². The van der Waals surface area contributed by atoms with Crippen LogP contribution in [0.5, 0.6) is 0 Å². The Bertz CT molecular complexity index is 1730. The number of carbonyl (C=O) groups is 2. The molecule has 0 bridgehead atoms. The first-order valence-electron chi connectivity index (χ1n) is 13.4. The molecular formula is C32H28N2O5. The summed E-state index contributed by atoms with van der Waals surface area (Å²) < 4.78 is 12.1. The maximum Gasteiger partial charge on any atom is 0.291 e. The van der Waals surface area contributed by atoms with Gasteiger partial charge in [-0.2, -0.15) is 0 Å². The second kappa shape index (κ2) is 8.64. The van der Waals surface area contributed by atoms with Crippen LogP contribution in [0.4, 0.5) is 5.69 Å². The summed E-state index contributed by atoms with van der Waals surface area (Å²) in [5, 5.41) is 0.363. The predicted octanol–water partition coefficient (Wildman–Crippen LogP) is 4.84. The number of aryl methyl sites for hydroxylation is 2. The normalized spacial score (nSPS) is 21.8. The summed E-state index contributed by atoms with van der Waals surface area (Å²) in [5.74, 6) is -0.840. The Balaban J connectivity index is 1.51. The number of carbonyl (C=O) groups excluding carboxylic acids is 2. The lowest BCUT2D eigenvalue weighted by Crippen LogP contribution is -2.55. The van der Waals surface area contributed by atoms with Crippen LogP contribution >= 0.6 is 0 Å². The van der Waals surface area contributed by atoms with E-state index >= 15 is 0 Å². The zero-order valence-corrected chi connectivity index (χ0v) is 21.9. The van der Waals surface area contributed by atoms with Crippen LogP contribution in [0.1, 0.15) is 51.2 Å². The van der Waals surface area contributed by atoms with E-state index in [1.54, 1.807) is 21.9 Å². The van der Waals surface area contributed by atoms with Crippen LogP contribution in [0.15, 0.2) is 75.9 Å². The number of hydrogen-bond acceptors (Lipinski definition) is 5. The summed E-state index contributed by atoms with van der Waals surface area (Å²) in [7, 11) is 0. The first-order valence-corrected chi connectivity index (χ1v) is 13.4. The quantitative estimate of drug-likeness (QED) is 0.385. The first-order chi connectivity index (χ1) is 18.9. The second-order valence-corrected chi connectivity index (χ2v) is 10.7. The molecule has 7 nitrogen and oxygen atoms in total. The van der Waals surface area contributed by atoms with Gasteiger partial charge >= 0.3 is 0 Å². The van der Waals surface area contributed by atoms with Gasteiger partial charge < -0.3 is 19.0 Å². The molecule has 3 aliphatic heterocycles. The van der Waals surface area contributed by atoms with Gasteiger partial charge in [-0.1, -0.05) is 54.1 Å². The molecule has 3 aromatic carbocycles. The predicted molar refractivity (Wildman–Crippen MR) is 147 cm³/mol. The van der Waals surface area contributed by atoms with E-state index in [1.807, 2.05) is 68.4 Å². The highest BCUT2D eigenvalue weighted by Crippen LogP contribution is 2.53. The summed E-state index contributed by atoms with van der Waals surface area (Å²) in [4.78, 5) is 46.6. The van der Waals surface area contributed by atoms with Crippen molar-refractivity contribution in [2.24, 2.45) is 0 Å². The average molecular weight is 521 g/mol. The number of rotatable bonds is 4. The molecular weight excluding hydrogens is 492 g/mol. The van der Waals surface area contributed by atoms with Crippen molar-refractivity contribution in [1.82, 2.24) is 4.90 Å². The van der Waals surface area contributed by atoms with Crippen LogP contribution in [0.25, 0.3) is 11.0 Å². The third-order valence-corrected chi connectivity index (χ3v) is 8.39. The van der Waals surface area contributed by atoms with Gasteiger partial charge in [0.1, 0.15) is 5.58 Å². The fourth-order valence-electron chi connectivity index (χ4n) is 6.46. The second-order valence-electron chi connectivity index (χ2n) is 10.7. The SMILES string of the molecule is Cc1ccc2oc3c(c(=O)c2c1)C1(C(=O)N(Cc2ccccc2C)c2ccccc21)N(CC1CCCO1)C3=O. The minimum Gasteiger partial charge on any atom is -0.450 e. The molecule has 3 aliphatic rings. The summed E-state index contributed by atoms with van der Waals surface area (Å²) >= 11 is 0. The topological polar surface area (TPSA) is 80.1 Å². The third-order valence-electron chi connectivity index (χ3n) is 8.39. The molecule has 7 heteroatoms. The van der Waals surface area contributed by atoms with Crippen molar-refractivity contribution in [1.29, 1.82) is 0 Å². The maximum absolute atomic E-state index is 14.9. The van der Waals surface area contributed by atoms with Crippen LogP contribution < -0.4 is 10.3 Å². The van der Waals surface area contributed by atoms with Crippen molar-refractivity contribution in [2.75, 3.05) is 18.1 Å². The van der Waals surface area contributed by atoms with Gasteiger partial charge in [0, 0.05) is 18.7 Å². The molecule has 0 aliphatic carbocycles. The zero-order valence-electron chi connectivity index (χ0n) is 21.9. The molecule has 1 fully saturated rings. The molecule has 1 saturated heterocycles. The van der Waals surface area contributed by atoms with E-state index in [0.717, 1.165) is 29.5 Å². The molecule has 2 unspecified atom stereocenters. The molecule has 0 N–H and O–H groups in total. The molecule has 1 aromatic heterocycles. The molecule has 2 amide bonds. The number of fused-ring (bicyclic) bond motifs is 5. The number of anilines is 1. The Kier molecular flexibility index (Phi) is 5.29. The van der Waals surface area contributed by atoms with Gasteiger partial charge in [-0.25, -0.2) is 0 Å². The first kappa shape index (κ1) is 23.9. The van der Waals surface area contributed by atoms with Crippen LogP contribution in [0.3, 0.4) is 0 Å². The van der Waals surface area contributed by atoms with Crippen LogP contribution in [-0.2, 0) is 21.6 Å². The van der Waals surface area contributed by atoms with Gasteiger partial charge in [0.2, 0.25) is 5.76 Å². The van der Waals surface area contributed by atoms with E-state index in [9.17, 15) is 14.4 Å². The zero-order chi connectivity index (χ0) is 26.9. The molecule has 1 spiro atoms. The van der Waals surface area contributed by atoms with Crippen LogP contribution in [-0.4, -0.2) is 36.0 Å². The van der Waals surface area contributed by atoms with Gasteiger partial charge in [-0.3, -0.25) is 14.4 Å². The van der Waals surface area contributed by atoms with Crippen molar-refractivity contribution >= 4 is 28.5 Å². The minimum atomic E-state index is -1.63. The smallest absolute Gasteiger partial charge is 0.291 e. The van der Waals surface area contributed by atoms with Crippen molar-refractivity contribution < 1.29 is 18.7 Å². The Morgan fingerprint density at radius 1 is 0.974 bits per heavy atom. The van der Waals surface area contributed by atoms with Crippen LogP contribution in [0.2, 0.25) is 0 Å². The highest BCUT2D eigenvalue weighted by Gasteiger charge is 2.65. The van der Waals surface area contributed by atoms with Crippen LogP contribution in [0, 0.1) is 13.8 Å². The van der Waals surface area contributed by atoms with E-state index in [4.69, 9.17) is 9.15 Å². The lowest BCUT2D eigenvalue weighted by molar-refractivity contribution is -0.126. The van der Waals surface area contributed by atoms with E-state index in [-0.39, 0.29) is 35.3 Å². The third kappa shape index (κ3) is 3.29. The summed E-state index contributed by atoms with van der Waals surface area (Å²) in [6.45, 7) is 5.03. The standard InChI is InChI=1S/C32H28N2O5/c1-19-13-14-26-23(16-19)28(35)27-29(39-26)30(36)34(18-22-10-7-15-38-22)32(27)24-11-5-6-12-25(24)33(31(32)37)17-21-9-4-3-8-20(21)2/h3-6,8-9,11-14,16,22H,7,10,15,17-18H2,1-2H3. The van der Waals surface area contributed by atoms with Crippen molar-refractivity contribution in [3.05, 3.63) is 111 Å². The van der Waals surface area contributed by atoms with Gasteiger partial charge in [-0.05, 0) is 56.0 Å². The molecule has 2 atom stereocenters. The fraction of sp³-hybridized carbons (Fsp3) is 0.281. The molecule has 4 aromatic rings. The molecule has 39 heavy (non-hydrogen) atoms. The molecule has 4 heterocycles. The summed E-state index contributed by atoms with van der Waals surface area (Å²) in [6, 6.07) is 20.7. The van der Waals surface area contributed by atoms with E-state index in [0.29, 0.717) is 35.4 Å². The largest absolute Gasteiger partial charge is 0.450 e. The maximum atomic E-state index is 14.9. The lowest BCUT2D eigenvalue weighted by Gasteiger charge is -2.35. The average Bonchev–Trinajstić information content (AvgIpc) is 3.60. The van der Waals surface area contributed by atoms with Gasteiger partial charge in [0.15, 0.2) is 11.0 Å². The molecule has 0 saturated carbocycles. The van der Waals surface area contributed by atoms with Gasteiger partial charge in [0.25, 0.3) is 11.8 Å². The lowest BCUT2D eigenvalue weighted by atomic mass is 9.83. The molecule has 196 valence electrons. The fourth-order valence-corrected chi connectivity index (χ4v) is 6.46. The van der Waals surface area contributed by atoms with Gasteiger partial charge in [0.05, 0.1) is 29.3 Å². The highest BCUT2D eigenvalue weighted by atomic mass is 16.5. The number of hydrogen-bond donors (Lipinski definition) is 0. The highest BCUT2D eigenvalue weighted by molar-refractivity contribution is 6.17.